The molecular formula is C10H14N2O5S2. The molecule has 0 heterocycles. The fraction of sp³-hybridized carbons (Fsp3) is 0.400. The summed E-state index contributed by atoms with van der Waals surface area (Å²) < 4.78 is 31.2. The van der Waals surface area contributed by atoms with E-state index in [2.05, 4.69) is 17.4 Å². The molecule has 0 aliphatic rings. The first-order chi connectivity index (χ1) is 8.81. The van der Waals surface area contributed by atoms with Crippen molar-refractivity contribution < 1.29 is 18.1 Å². The summed E-state index contributed by atoms with van der Waals surface area (Å²) in [5.41, 5.74) is -0.529. The van der Waals surface area contributed by atoms with Crippen LogP contribution in [0, 0.1) is 10.1 Å². The van der Waals surface area contributed by atoms with E-state index in [9.17, 15) is 18.5 Å². The lowest BCUT2D eigenvalue weighted by atomic mass is 10.3. The Balaban J connectivity index is 3.30. The number of methoxy groups -OCH3 is 1. The molecule has 0 bridgehead atoms. The van der Waals surface area contributed by atoms with Gasteiger partial charge < -0.3 is 4.74 Å². The van der Waals surface area contributed by atoms with Crippen LogP contribution in [0.25, 0.3) is 0 Å². The number of ether oxygens (including phenoxy) is 1. The molecule has 0 aromatic heterocycles. The van der Waals surface area contributed by atoms with Crippen LogP contribution in [0.3, 0.4) is 0 Å². The van der Waals surface area contributed by atoms with E-state index in [1.165, 1.54) is 13.2 Å². The Hall–Kier alpha value is -1.32. The van der Waals surface area contributed by atoms with Crippen molar-refractivity contribution in [2.24, 2.45) is 0 Å². The molecule has 1 aromatic rings. The second kappa shape index (κ2) is 6.22. The molecule has 1 aromatic carbocycles. The molecule has 9 heteroatoms. The van der Waals surface area contributed by atoms with Crippen molar-refractivity contribution in [1.82, 2.24) is 4.72 Å². The smallest absolute Gasteiger partial charge is 0.293 e. The number of rotatable bonds is 6. The molecule has 1 atom stereocenters. The van der Waals surface area contributed by atoms with E-state index in [4.69, 9.17) is 4.74 Å². The Morgan fingerprint density at radius 1 is 1.53 bits per heavy atom. The average Bonchev–Trinajstić information content (AvgIpc) is 2.37. The van der Waals surface area contributed by atoms with Crippen LogP contribution < -0.4 is 9.46 Å². The van der Waals surface area contributed by atoms with Crippen molar-refractivity contribution in [3.63, 3.8) is 0 Å². The standard InChI is InChI=1S/C10H14N2O5S2/c1-7(6-18)11-19(15,16)10-4-3-8(17-2)5-9(10)12(13)14/h3-5,7,11,18H,6H2,1-2H3. The zero-order chi connectivity index (χ0) is 14.6. The largest absolute Gasteiger partial charge is 0.497 e. The first-order valence-corrected chi connectivity index (χ1v) is 7.39. The number of sulfonamides is 1. The zero-order valence-electron chi connectivity index (χ0n) is 10.4. The minimum absolute atomic E-state index is 0.216. The summed E-state index contributed by atoms with van der Waals surface area (Å²) in [5, 5.41) is 10.9. The predicted molar refractivity (Wildman–Crippen MR) is 73.3 cm³/mol. The van der Waals surface area contributed by atoms with Crippen LogP contribution in [0.5, 0.6) is 5.75 Å². The van der Waals surface area contributed by atoms with Crippen LogP contribution in [0.15, 0.2) is 23.1 Å². The monoisotopic (exact) mass is 306 g/mol. The maximum atomic E-state index is 12.0. The lowest BCUT2D eigenvalue weighted by molar-refractivity contribution is -0.387. The summed E-state index contributed by atoms with van der Waals surface area (Å²) >= 11 is 3.96. The van der Waals surface area contributed by atoms with Gasteiger partial charge in [-0.05, 0) is 19.1 Å². The highest BCUT2D eigenvalue weighted by Gasteiger charge is 2.27. The maximum Gasteiger partial charge on any atom is 0.293 e. The third-order valence-electron chi connectivity index (χ3n) is 2.28. The molecule has 1 unspecified atom stereocenters. The van der Waals surface area contributed by atoms with Crippen molar-refractivity contribution in [2.45, 2.75) is 17.9 Å². The average molecular weight is 306 g/mol. The minimum Gasteiger partial charge on any atom is -0.497 e. The predicted octanol–water partition coefficient (Wildman–Crippen LogP) is 1.20. The molecule has 0 aliphatic heterocycles. The van der Waals surface area contributed by atoms with Gasteiger partial charge in [0.1, 0.15) is 5.75 Å². The van der Waals surface area contributed by atoms with Gasteiger partial charge >= 0.3 is 0 Å². The Morgan fingerprint density at radius 2 is 2.16 bits per heavy atom. The summed E-state index contributed by atoms with van der Waals surface area (Å²) in [6.45, 7) is 1.61. The lowest BCUT2D eigenvalue weighted by Gasteiger charge is -2.12. The van der Waals surface area contributed by atoms with Gasteiger partial charge in [-0.1, -0.05) is 0 Å². The molecule has 1 rings (SSSR count). The molecule has 7 nitrogen and oxygen atoms in total. The Labute approximate surface area is 116 Å². The highest BCUT2D eigenvalue weighted by Crippen LogP contribution is 2.28. The second-order valence-electron chi connectivity index (χ2n) is 3.80. The van der Waals surface area contributed by atoms with E-state index in [-0.39, 0.29) is 11.5 Å². The molecule has 1 N–H and O–H groups in total. The van der Waals surface area contributed by atoms with Gasteiger partial charge in [0.05, 0.1) is 18.1 Å². The summed E-state index contributed by atoms with van der Waals surface area (Å²) in [6.07, 6.45) is 0. The second-order valence-corrected chi connectivity index (χ2v) is 5.84. The van der Waals surface area contributed by atoms with Gasteiger partial charge in [-0.25, -0.2) is 13.1 Å². The third-order valence-corrected chi connectivity index (χ3v) is 4.47. The molecule has 106 valence electrons. The van der Waals surface area contributed by atoms with Gasteiger partial charge in [0, 0.05) is 11.8 Å². The first kappa shape index (κ1) is 15.7. The number of hydrogen-bond donors (Lipinski definition) is 2. The number of hydrogen-bond acceptors (Lipinski definition) is 6. The van der Waals surface area contributed by atoms with Crippen LogP contribution in [0.4, 0.5) is 5.69 Å². The number of nitrogens with one attached hydrogen (secondary N) is 1. The van der Waals surface area contributed by atoms with Crippen molar-refractivity contribution >= 4 is 28.3 Å². The van der Waals surface area contributed by atoms with Crippen LogP contribution in [0.1, 0.15) is 6.92 Å². The fourth-order valence-corrected chi connectivity index (χ4v) is 2.97. The van der Waals surface area contributed by atoms with Gasteiger partial charge in [0.25, 0.3) is 5.69 Å². The van der Waals surface area contributed by atoms with E-state index in [0.29, 0.717) is 0 Å². The summed E-state index contributed by atoms with van der Waals surface area (Å²) in [6, 6.07) is 3.13. The summed E-state index contributed by atoms with van der Waals surface area (Å²) in [4.78, 5) is 9.78. The van der Waals surface area contributed by atoms with Gasteiger partial charge in [0.2, 0.25) is 10.0 Å². The quantitative estimate of drug-likeness (QED) is 0.467. The minimum atomic E-state index is -3.97. The van der Waals surface area contributed by atoms with Crippen LogP contribution in [0.2, 0.25) is 0 Å². The summed E-state index contributed by atoms with van der Waals surface area (Å²) in [5.74, 6) is 0.497. The topological polar surface area (TPSA) is 98.5 Å². The van der Waals surface area contributed by atoms with Crippen molar-refractivity contribution in [2.75, 3.05) is 12.9 Å². The molecule has 0 amide bonds. The van der Waals surface area contributed by atoms with Gasteiger partial charge in [-0.2, -0.15) is 12.6 Å². The van der Waals surface area contributed by atoms with E-state index < -0.39 is 31.6 Å². The first-order valence-electron chi connectivity index (χ1n) is 5.27. The van der Waals surface area contributed by atoms with Crippen LogP contribution >= 0.6 is 12.6 Å². The van der Waals surface area contributed by atoms with E-state index in [1.807, 2.05) is 0 Å². The van der Waals surface area contributed by atoms with E-state index in [1.54, 1.807) is 6.92 Å². The molecule has 0 saturated carbocycles. The van der Waals surface area contributed by atoms with Crippen molar-refractivity contribution in [3.05, 3.63) is 28.3 Å². The Kier molecular flexibility index (Phi) is 5.15. The van der Waals surface area contributed by atoms with Crippen LogP contribution in [-0.4, -0.2) is 32.2 Å². The number of thiol groups is 1. The molecule has 0 spiro atoms. The Morgan fingerprint density at radius 3 is 2.63 bits per heavy atom. The highest BCUT2D eigenvalue weighted by atomic mass is 32.2. The van der Waals surface area contributed by atoms with Crippen molar-refractivity contribution in [1.29, 1.82) is 0 Å². The number of nitro groups is 1. The summed E-state index contributed by atoms with van der Waals surface area (Å²) in [7, 11) is -2.63. The normalized spacial score (nSPS) is 13.0. The van der Waals surface area contributed by atoms with Crippen LogP contribution in [-0.2, 0) is 10.0 Å². The number of nitrogens with zero attached hydrogens (tertiary/aromatic N) is 1. The molecule has 0 aliphatic carbocycles. The maximum absolute atomic E-state index is 12.0. The SMILES string of the molecule is COc1ccc(S(=O)(=O)NC(C)CS)c([N+](=O)[O-])c1. The molecule has 19 heavy (non-hydrogen) atoms. The van der Waals surface area contributed by atoms with Gasteiger partial charge in [-0.3, -0.25) is 10.1 Å². The molecule has 0 fully saturated rings. The fourth-order valence-electron chi connectivity index (χ4n) is 1.36. The van der Waals surface area contributed by atoms with E-state index in [0.717, 1.165) is 12.1 Å². The lowest BCUT2D eigenvalue weighted by Crippen LogP contribution is -2.34. The van der Waals surface area contributed by atoms with Gasteiger partial charge in [-0.15, -0.1) is 0 Å². The molecule has 0 saturated heterocycles. The number of benzene rings is 1. The molecular weight excluding hydrogens is 292 g/mol. The molecule has 0 radical (unpaired) electrons. The zero-order valence-corrected chi connectivity index (χ0v) is 12.1. The third kappa shape index (κ3) is 3.82. The highest BCUT2D eigenvalue weighted by molar-refractivity contribution is 7.89. The van der Waals surface area contributed by atoms with Crippen molar-refractivity contribution in [3.8, 4) is 5.75 Å². The number of nitro benzene ring substituents is 1. The Bertz CT molecular complexity index is 573. The van der Waals surface area contributed by atoms with E-state index >= 15 is 0 Å². The van der Waals surface area contributed by atoms with Gasteiger partial charge in [0.15, 0.2) is 4.90 Å².